The Hall–Kier alpha value is -2.26. The molecule has 0 aromatic heterocycles. The molecule has 0 aliphatic rings. The van der Waals surface area contributed by atoms with Gasteiger partial charge < -0.3 is 14.8 Å². The van der Waals surface area contributed by atoms with Crippen LogP contribution in [-0.2, 0) is 14.8 Å². The highest BCUT2D eigenvalue weighted by Crippen LogP contribution is 2.33. The van der Waals surface area contributed by atoms with Gasteiger partial charge in [0, 0.05) is 16.2 Å². The Bertz CT molecular complexity index is 885. The van der Waals surface area contributed by atoms with Crippen molar-refractivity contribution < 1.29 is 22.7 Å². The number of carbonyl (C=O) groups excluding carboxylic acids is 1. The first-order valence-corrected chi connectivity index (χ1v) is 10.1. The standard InChI is InChI=1S/C17H19BrN2O5S/c1-24-14-8-9-16(25-2)15(10-14)20(26(3,22)23)11-17(21)19-13-6-4-12(18)5-7-13/h4-10H,11H2,1-3H3,(H,19,21). The number of carbonyl (C=O) groups is 1. The van der Waals surface area contributed by atoms with Crippen molar-refractivity contribution in [1.29, 1.82) is 0 Å². The summed E-state index contributed by atoms with van der Waals surface area (Å²) in [7, 11) is -0.847. The second-order valence-corrected chi connectivity index (χ2v) is 8.18. The van der Waals surface area contributed by atoms with Crippen LogP contribution in [0.1, 0.15) is 0 Å². The third-order valence-corrected chi connectivity index (χ3v) is 5.13. The Kier molecular flexibility index (Phi) is 6.49. The van der Waals surface area contributed by atoms with Crippen molar-refractivity contribution in [2.75, 3.05) is 36.6 Å². The zero-order valence-electron chi connectivity index (χ0n) is 14.5. The lowest BCUT2D eigenvalue weighted by Crippen LogP contribution is -2.37. The summed E-state index contributed by atoms with van der Waals surface area (Å²) in [5.41, 5.74) is 0.782. The number of anilines is 2. The first-order chi connectivity index (χ1) is 12.2. The van der Waals surface area contributed by atoms with Crippen LogP contribution in [-0.4, -0.2) is 41.3 Å². The molecular weight excluding hydrogens is 424 g/mol. The van der Waals surface area contributed by atoms with E-state index in [0.717, 1.165) is 15.0 Å². The lowest BCUT2D eigenvalue weighted by molar-refractivity contribution is -0.114. The molecule has 0 aliphatic heterocycles. The second-order valence-electron chi connectivity index (χ2n) is 5.36. The van der Waals surface area contributed by atoms with Crippen molar-refractivity contribution in [3.63, 3.8) is 0 Å². The van der Waals surface area contributed by atoms with E-state index in [1.54, 1.807) is 36.4 Å². The molecule has 0 heterocycles. The molecule has 2 aromatic carbocycles. The van der Waals surface area contributed by atoms with E-state index < -0.39 is 22.5 Å². The summed E-state index contributed by atoms with van der Waals surface area (Å²) in [5.74, 6) is 0.276. The zero-order valence-corrected chi connectivity index (χ0v) is 16.9. The fourth-order valence-electron chi connectivity index (χ4n) is 2.24. The van der Waals surface area contributed by atoms with Crippen LogP contribution in [0.3, 0.4) is 0 Å². The van der Waals surface area contributed by atoms with Crippen molar-refractivity contribution in [3.8, 4) is 11.5 Å². The molecule has 2 aromatic rings. The lowest BCUT2D eigenvalue weighted by atomic mass is 10.2. The molecule has 0 fully saturated rings. The number of sulfonamides is 1. The second kappa shape index (κ2) is 8.41. The normalized spacial score (nSPS) is 10.9. The van der Waals surface area contributed by atoms with E-state index in [9.17, 15) is 13.2 Å². The van der Waals surface area contributed by atoms with Crippen molar-refractivity contribution >= 4 is 43.2 Å². The molecule has 1 amide bonds. The Morgan fingerprint density at radius 3 is 2.31 bits per heavy atom. The fraction of sp³-hybridized carbons (Fsp3) is 0.235. The van der Waals surface area contributed by atoms with Crippen molar-refractivity contribution in [2.24, 2.45) is 0 Å². The number of hydrogen-bond donors (Lipinski definition) is 1. The zero-order chi connectivity index (χ0) is 19.3. The predicted molar refractivity (Wildman–Crippen MR) is 105 cm³/mol. The summed E-state index contributed by atoms with van der Waals surface area (Å²) >= 11 is 3.31. The quantitative estimate of drug-likeness (QED) is 0.712. The van der Waals surface area contributed by atoms with Crippen LogP contribution in [0.2, 0.25) is 0 Å². The Morgan fingerprint density at radius 1 is 1.12 bits per heavy atom. The molecule has 7 nitrogen and oxygen atoms in total. The number of ether oxygens (including phenoxy) is 2. The number of halogens is 1. The molecule has 26 heavy (non-hydrogen) atoms. The van der Waals surface area contributed by atoms with Crippen LogP contribution in [0.25, 0.3) is 0 Å². The number of rotatable bonds is 7. The minimum absolute atomic E-state index is 0.223. The molecule has 2 rings (SSSR count). The fourth-order valence-corrected chi connectivity index (χ4v) is 3.35. The minimum atomic E-state index is -3.74. The van der Waals surface area contributed by atoms with Crippen molar-refractivity contribution in [2.45, 2.75) is 0 Å². The van der Waals surface area contributed by atoms with Gasteiger partial charge in [-0.1, -0.05) is 15.9 Å². The number of nitrogens with zero attached hydrogens (tertiary/aromatic N) is 1. The minimum Gasteiger partial charge on any atom is -0.497 e. The van der Waals surface area contributed by atoms with Gasteiger partial charge in [0.25, 0.3) is 0 Å². The molecule has 0 saturated carbocycles. The van der Waals surface area contributed by atoms with E-state index in [2.05, 4.69) is 21.2 Å². The van der Waals surface area contributed by atoms with Gasteiger partial charge in [-0.3, -0.25) is 9.10 Å². The smallest absolute Gasteiger partial charge is 0.245 e. The summed E-state index contributed by atoms with van der Waals surface area (Å²) in [5, 5.41) is 2.67. The molecular formula is C17H19BrN2O5S. The molecule has 0 radical (unpaired) electrons. The van der Waals surface area contributed by atoms with E-state index in [0.29, 0.717) is 17.2 Å². The number of benzene rings is 2. The maximum atomic E-state index is 12.4. The largest absolute Gasteiger partial charge is 0.497 e. The SMILES string of the molecule is COc1ccc(OC)c(N(CC(=O)Nc2ccc(Br)cc2)S(C)(=O)=O)c1. The molecule has 0 atom stereocenters. The first kappa shape index (κ1) is 20.1. The summed E-state index contributed by atoms with van der Waals surface area (Å²) in [4.78, 5) is 12.4. The highest BCUT2D eigenvalue weighted by molar-refractivity contribution is 9.10. The number of amides is 1. The van der Waals surface area contributed by atoms with Gasteiger partial charge in [-0.05, 0) is 36.4 Å². The third-order valence-electron chi connectivity index (χ3n) is 3.47. The van der Waals surface area contributed by atoms with Crippen LogP contribution in [0.5, 0.6) is 11.5 Å². The van der Waals surface area contributed by atoms with Crippen molar-refractivity contribution in [3.05, 3.63) is 46.9 Å². The molecule has 0 unspecified atom stereocenters. The highest BCUT2D eigenvalue weighted by Gasteiger charge is 2.24. The topological polar surface area (TPSA) is 84.9 Å². The van der Waals surface area contributed by atoms with Gasteiger partial charge in [0.2, 0.25) is 15.9 Å². The van der Waals surface area contributed by atoms with Crippen LogP contribution >= 0.6 is 15.9 Å². The average molecular weight is 443 g/mol. The molecule has 1 N–H and O–H groups in total. The molecule has 0 saturated heterocycles. The predicted octanol–water partition coefficient (Wildman–Crippen LogP) is 2.87. The lowest BCUT2D eigenvalue weighted by Gasteiger charge is -2.24. The van der Waals surface area contributed by atoms with E-state index in [-0.39, 0.29) is 5.69 Å². The van der Waals surface area contributed by atoms with Gasteiger partial charge in [-0.15, -0.1) is 0 Å². The molecule has 9 heteroatoms. The summed E-state index contributed by atoms with van der Waals surface area (Å²) in [6, 6.07) is 11.7. The van der Waals surface area contributed by atoms with E-state index in [1.165, 1.54) is 20.3 Å². The Balaban J connectivity index is 2.31. The Morgan fingerprint density at radius 2 is 1.77 bits per heavy atom. The van der Waals surface area contributed by atoms with E-state index in [1.807, 2.05) is 0 Å². The molecule has 0 bridgehead atoms. The van der Waals surface area contributed by atoms with Crippen molar-refractivity contribution in [1.82, 2.24) is 0 Å². The van der Waals surface area contributed by atoms with Gasteiger partial charge in [0.05, 0.1) is 26.2 Å². The average Bonchev–Trinajstić information content (AvgIpc) is 2.60. The maximum absolute atomic E-state index is 12.4. The first-order valence-electron chi connectivity index (χ1n) is 7.49. The molecule has 0 aliphatic carbocycles. The van der Waals surface area contributed by atoms with Gasteiger partial charge >= 0.3 is 0 Å². The van der Waals surface area contributed by atoms with Gasteiger partial charge in [-0.25, -0.2) is 8.42 Å². The molecule has 0 spiro atoms. The van der Waals surface area contributed by atoms with E-state index >= 15 is 0 Å². The maximum Gasteiger partial charge on any atom is 0.245 e. The number of methoxy groups -OCH3 is 2. The van der Waals surface area contributed by atoms with Crippen LogP contribution < -0.4 is 19.1 Å². The van der Waals surface area contributed by atoms with Crippen LogP contribution in [0, 0.1) is 0 Å². The summed E-state index contributed by atoms with van der Waals surface area (Å²) in [6.07, 6.45) is 1.03. The van der Waals surface area contributed by atoms with Gasteiger partial charge in [0.1, 0.15) is 18.0 Å². The van der Waals surface area contributed by atoms with Crippen LogP contribution in [0.4, 0.5) is 11.4 Å². The summed E-state index contributed by atoms with van der Waals surface area (Å²) < 4.78 is 36.8. The number of nitrogens with one attached hydrogen (secondary N) is 1. The number of hydrogen-bond acceptors (Lipinski definition) is 5. The monoisotopic (exact) mass is 442 g/mol. The van der Waals surface area contributed by atoms with Gasteiger partial charge in [0.15, 0.2) is 0 Å². The van der Waals surface area contributed by atoms with E-state index in [4.69, 9.17) is 9.47 Å². The molecule has 140 valence electrons. The third kappa shape index (κ3) is 5.12. The highest BCUT2D eigenvalue weighted by atomic mass is 79.9. The summed E-state index contributed by atoms with van der Waals surface area (Å²) in [6.45, 7) is -0.404. The Labute approximate surface area is 161 Å². The van der Waals surface area contributed by atoms with Crippen LogP contribution in [0.15, 0.2) is 46.9 Å². The van der Waals surface area contributed by atoms with Gasteiger partial charge in [-0.2, -0.15) is 0 Å².